The Labute approximate surface area is 139 Å². The van der Waals surface area contributed by atoms with Gasteiger partial charge in [0.15, 0.2) is 0 Å². The SMILES string of the molecule is O=C(c1c(F)cccc1Cl)N1CCN(CCn2cccn2)CC1. The van der Waals surface area contributed by atoms with Crippen LogP contribution in [0.5, 0.6) is 0 Å². The van der Waals surface area contributed by atoms with E-state index < -0.39 is 5.82 Å². The van der Waals surface area contributed by atoms with Crippen molar-refractivity contribution < 1.29 is 9.18 Å². The smallest absolute Gasteiger partial charge is 0.258 e. The maximum Gasteiger partial charge on any atom is 0.258 e. The quantitative estimate of drug-likeness (QED) is 0.859. The minimum absolute atomic E-state index is 0.0286. The van der Waals surface area contributed by atoms with Crippen molar-refractivity contribution in [1.82, 2.24) is 19.6 Å². The summed E-state index contributed by atoms with van der Waals surface area (Å²) < 4.78 is 15.7. The molecule has 1 saturated heterocycles. The fourth-order valence-electron chi connectivity index (χ4n) is 2.71. The summed E-state index contributed by atoms with van der Waals surface area (Å²) in [5.74, 6) is -0.900. The van der Waals surface area contributed by atoms with E-state index in [0.717, 1.165) is 26.2 Å². The van der Waals surface area contributed by atoms with Gasteiger partial charge < -0.3 is 4.90 Å². The van der Waals surface area contributed by atoms with Gasteiger partial charge in [0.2, 0.25) is 0 Å². The van der Waals surface area contributed by atoms with Gasteiger partial charge in [-0.15, -0.1) is 0 Å². The van der Waals surface area contributed by atoms with Crippen molar-refractivity contribution in [3.8, 4) is 0 Å². The van der Waals surface area contributed by atoms with Crippen LogP contribution in [0.1, 0.15) is 10.4 Å². The van der Waals surface area contributed by atoms with E-state index in [2.05, 4.69) is 10.00 Å². The maximum atomic E-state index is 13.9. The molecule has 1 amide bonds. The summed E-state index contributed by atoms with van der Waals surface area (Å²) in [4.78, 5) is 16.4. The van der Waals surface area contributed by atoms with Crippen molar-refractivity contribution in [1.29, 1.82) is 0 Å². The van der Waals surface area contributed by atoms with Crippen LogP contribution in [0, 0.1) is 5.82 Å². The van der Waals surface area contributed by atoms with E-state index in [1.165, 1.54) is 18.2 Å². The average Bonchev–Trinajstić information content (AvgIpc) is 3.06. The molecule has 1 aliphatic heterocycles. The summed E-state index contributed by atoms with van der Waals surface area (Å²) >= 11 is 5.97. The first-order chi connectivity index (χ1) is 11.1. The first kappa shape index (κ1) is 16.0. The molecule has 0 spiro atoms. The van der Waals surface area contributed by atoms with Crippen LogP contribution in [0.3, 0.4) is 0 Å². The second kappa shape index (κ2) is 7.10. The zero-order chi connectivity index (χ0) is 16.2. The monoisotopic (exact) mass is 336 g/mol. The summed E-state index contributed by atoms with van der Waals surface area (Å²) in [6, 6.07) is 6.20. The van der Waals surface area contributed by atoms with Gasteiger partial charge in [0.05, 0.1) is 17.1 Å². The van der Waals surface area contributed by atoms with Crippen LogP contribution >= 0.6 is 11.6 Å². The minimum Gasteiger partial charge on any atom is -0.336 e. The number of hydrogen-bond donors (Lipinski definition) is 0. The molecular weight excluding hydrogens is 319 g/mol. The number of halogens is 2. The van der Waals surface area contributed by atoms with E-state index in [0.29, 0.717) is 13.1 Å². The zero-order valence-electron chi connectivity index (χ0n) is 12.7. The van der Waals surface area contributed by atoms with Gasteiger partial charge in [-0.25, -0.2) is 4.39 Å². The Balaban J connectivity index is 1.55. The number of carbonyl (C=O) groups excluding carboxylic acids is 1. The van der Waals surface area contributed by atoms with E-state index in [9.17, 15) is 9.18 Å². The Bertz CT molecular complexity index is 648. The predicted molar refractivity (Wildman–Crippen MR) is 86.0 cm³/mol. The van der Waals surface area contributed by atoms with Gasteiger partial charge in [0.25, 0.3) is 5.91 Å². The summed E-state index contributed by atoms with van der Waals surface area (Å²) in [5, 5.41) is 4.34. The van der Waals surface area contributed by atoms with E-state index in [1.54, 1.807) is 11.1 Å². The Morgan fingerprint density at radius 3 is 2.61 bits per heavy atom. The lowest BCUT2D eigenvalue weighted by atomic mass is 10.1. The third-order valence-electron chi connectivity index (χ3n) is 4.04. The highest BCUT2D eigenvalue weighted by Gasteiger charge is 2.25. The standard InChI is InChI=1S/C16H18ClFN4O/c17-13-3-1-4-14(18)15(13)16(23)21-10-7-20(8-11-21)9-12-22-6-2-5-19-22/h1-6H,7-12H2. The highest BCUT2D eigenvalue weighted by atomic mass is 35.5. The van der Waals surface area contributed by atoms with E-state index in [4.69, 9.17) is 11.6 Å². The van der Waals surface area contributed by atoms with Gasteiger partial charge >= 0.3 is 0 Å². The first-order valence-electron chi connectivity index (χ1n) is 7.58. The molecule has 7 heteroatoms. The average molecular weight is 337 g/mol. The lowest BCUT2D eigenvalue weighted by Crippen LogP contribution is -2.49. The summed E-state index contributed by atoms with van der Waals surface area (Å²) in [6.45, 7) is 4.37. The topological polar surface area (TPSA) is 41.4 Å². The van der Waals surface area contributed by atoms with Crippen molar-refractivity contribution >= 4 is 17.5 Å². The molecule has 1 fully saturated rings. The molecule has 0 bridgehead atoms. The molecule has 0 unspecified atom stereocenters. The number of hydrogen-bond acceptors (Lipinski definition) is 3. The Kier molecular flexibility index (Phi) is 4.93. The molecule has 2 aromatic rings. The number of aromatic nitrogens is 2. The molecule has 0 saturated carbocycles. The Hall–Kier alpha value is -1.92. The van der Waals surface area contributed by atoms with Gasteiger partial charge in [-0.2, -0.15) is 5.10 Å². The molecule has 0 radical (unpaired) electrons. The van der Waals surface area contributed by atoms with Crippen molar-refractivity contribution in [3.63, 3.8) is 0 Å². The molecule has 0 atom stereocenters. The largest absolute Gasteiger partial charge is 0.336 e. The van der Waals surface area contributed by atoms with Gasteiger partial charge in [0, 0.05) is 45.1 Å². The number of carbonyl (C=O) groups is 1. The molecule has 0 N–H and O–H groups in total. The molecule has 23 heavy (non-hydrogen) atoms. The summed E-state index contributed by atoms with van der Waals surface area (Å²) in [5.41, 5.74) is -0.0286. The highest BCUT2D eigenvalue weighted by Crippen LogP contribution is 2.21. The molecule has 5 nitrogen and oxygen atoms in total. The van der Waals surface area contributed by atoms with Gasteiger partial charge in [0.1, 0.15) is 5.82 Å². The number of rotatable bonds is 4. The van der Waals surface area contributed by atoms with Gasteiger partial charge in [-0.05, 0) is 18.2 Å². The number of amides is 1. The Morgan fingerprint density at radius 2 is 1.96 bits per heavy atom. The summed E-state index contributed by atoms with van der Waals surface area (Å²) in [7, 11) is 0. The normalized spacial score (nSPS) is 15.8. The third-order valence-corrected chi connectivity index (χ3v) is 4.36. The minimum atomic E-state index is -0.566. The van der Waals surface area contributed by atoms with Crippen LogP contribution in [0.25, 0.3) is 0 Å². The zero-order valence-corrected chi connectivity index (χ0v) is 13.4. The lowest BCUT2D eigenvalue weighted by molar-refractivity contribution is 0.0627. The van der Waals surface area contributed by atoms with Crippen LogP contribution in [0.2, 0.25) is 5.02 Å². The van der Waals surface area contributed by atoms with Crippen LogP contribution in [0.15, 0.2) is 36.7 Å². The van der Waals surface area contributed by atoms with E-state index >= 15 is 0 Å². The van der Waals surface area contributed by atoms with Gasteiger partial charge in [-0.3, -0.25) is 14.4 Å². The molecule has 2 heterocycles. The molecule has 122 valence electrons. The second-order valence-electron chi connectivity index (χ2n) is 5.50. The van der Waals surface area contributed by atoms with Crippen molar-refractivity contribution in [3.05, 3.63) is 53.1 Å². The van der Waals surface area contributed by atoms with Crippen molar-refractivity contribution in [2.45, 2.75) is 6.54 Å². The molecule has 0 aliphatic carbocycles. The molecule has 1 aromatic carbocycles. The van der Waals surface area contributed by atoms with E-state index in [1.807, 2.05) is 16.9 Å². The summed E-state index contributed by atoms with van der Waals surface area (Å²) in [6.07, 6.45) is 3.69. The van der Waals surface area contributed by atoms with Crippen molar-refractivity contribution in [2.75, 3.05) is 32.7 Å². The highest BCUT2D eigenvalue weighted by molar-refractivity contribution is 6.33. The number of piperazine rings is 1. The Morgan fingerprint density at radius 1 is 1.17 bits per heavy atom. The van der Waals surface area contributed by atoms with Crippen LogP contribution < -0.4 is 0 Å². The van der Waals surface area contributed by atoms with E-state index in [-0.39, 0.29) is 16.5 Å². The number of nitrogens with zero attached hydrogens (tertiary/aromatic N) is 4. The molecule has 1 aromatic heterocycles. The molecule has 3 rings (SSSR count). The maximum absolute atomic E-state index is 13.9. The van der Waals surface area contributed by atoms with Crippen molar-refractivity contribution in [2.24, 2.45) is 0 Å². The van der Waals surface area contributed by atoms with Gasteiger partial charge in [-0.1, -0.05) is 17.7 Å². The van der Waals surface area contributed by atoms with Crippen LogP contribution in [-0.2, 0) is 6.54 Å². The van der Waals surface area contributed by atoms with Crippen LogP contribution in [0.4, 0.5) is 4.39 Å². The fourth-order valence-corrected chi connectivity index (χ4v) is 2.96. The lowest BCUT2D eigenvalue weighted by Gasteiger charge is -2.34. The molecule has 1 aliphatic rings. The van der Waals surface area contributed by atoms with Crippen LogP contribution in [-0.4, -0.2) is 58.2 Å². The first-order valence-corrected chi connectivity index (χ1v) is 7.96. The predicted octanol–water partition coefficient (Wildman–Crippen LogP) is 2.13. The second-order valence-corrected chi connectivity index (χ2v) is 5.91. The number of benzene rings is 1. The third kappa shape index (κ3) is 3.71. The molecular formula is C16H18ClFN4O. The fraction of sp³-hybridized carbons (Fsp3) is 0.375.